The molecule has 0 saturated heterocycles. The van der Waals surface area contributed by atoms with Gasteiger partial charge in [0.15, 0.2) is 0 Å². The van der Waals surface area contributed by atoms with Gasteiger partial charge in [0.05, 0.1) is 6.61 Å². The summed E-state index contributed by atoms with van der Waals surface area (Å²) in [6.07, 6.45) is 1.72. The maximum absolute atomic E-state index is 10.3. The molecule has 13 heavy (non-hydrogen) atoms. The summed E-state index contributed by atoms with van der Waals surface area (Å²) in [5, 5.41) is 11.6. The minimum Gasteiger partial charge on any atom is -0.394 e. The Morgan fingerprint density at radius 2 is 2.23 bits per heavy atom. The van der Waals surface area contributed by atoms with Crippen molar-refractivity contribution in [2.45, 2.75) is 13.0 Å². The lowest BCUT2D eigenvalue weighted by atomic mass is 10.2. The molecular formula is C10H12NO2. The van der Waals surface area contributed by atoms with E-state index in [4.69, 9.17) is 5.11 Å². The number of benzene rings is 1. The fourth-order valence-electron chi connectivity index (χ4n) is 1.03. The molecule has 0 saturated carbocycles. The molecule has 1 aromatic carbocycles. The van der Waals surface area contributed by atoms with Crippen molar-refractivity contribution in [3.05, 3.63) is 29.8 Å². The molecule has 1 rings (SSSR count). The van der Waals surface area contributed by atoms with E-state index in [2.05, 4.69) is 5.32 Å². The van der Waals surface area contributed by atoms with Gasteiger partial charge in [0.2, 0.25) is 6.29 Å². The monoisotopic (exact) mass is 178 g/mol. The van der Waals surface area contributed by atoms with Crippen LogP contribution in [0.4, 0.5) is 5.69 Å². The van der Waals surface area contributed by atoms with Crippen LogP contribution in [0.2, 0.25) is 0 Å². The lowest BCUT2D eigenvalue weighted by molar-refractivity contribution is 0.293. The number of nitrogens with one attached hydrogen (secondary N) is 1. The first-order chi connectivity index (χ1) is 6.27. The number of aliphatic hydroxyl groups is 1. The van der Waals surface area contributed by atoms with Crippen LogP contribution in [0.1, 0.15) is 5.56 Å². The molecule has 0 aliphatic carbocycles. The third kappa shape index (κ3) is 2.56. The van der Waals surface area contributed by atoms with Crippen LogP contribution in [-0.4, -0.2) is 24.0 Å². The number of anilines is 1. The second-order valence-corrected chi connectivity index (χ2v) is 2.81. The Morgan fingerprint density at radius 3 is 2.77 bits per heavy atom. The average Bonchev–Trinajstić information content (AvgIpc) is 2.17. The smallest absolute Gasteiger partial charge is 0.225 e. The zero-order valence-corrected chi connectivity index (χ0v) is 7.45. The molecule has 69 valence electrons. The maximum Gasteiger partial charge on any atom is 0.225 e. The predicted molar refractivity (Wildman–Crippen MR) is 51.4 cm³/mol. The van der Waals surface area contributed by atoms with Crippen molar-refractivity contribution in [3.63, 3.8) is 0 Å². The van der Waals surface area contributed by atoms with Crippen LogP contribution in [0, 0.1) is 6.92 Å². The van der Waals surface area contributed by atoms with E-state index >= 15 is 0 Å². The normalized spacial score (nSPS) is 12.2. The van der Waals surface area contributed by atoms with E-state index in [-0.39, 0.29) is 6.61 Å². The summed E-state index contributed by atoms with van der Waals surface area (Å²) >= 11 is 0. The number of hydrogen-bond donors (Lipinski definition) is 2. The Balaban J connectivity index is 2.73. The molecule has 2 N–H and O–H groups in total. The highest BCUT2D eigenvalue weighted by Gasteiger charge is 2.06. The molecular weight excluding hydrogens is 166 g/mol. The van der Waals surface area contributed by atoms with Crippen LogP contribution in [-0.2, 0) is 4.79 Å². The SMILES string of the molecule is Cc1ccccc1N[C@H]([C]=O)CO. The molecule has 0 heterocycles. The Morgan fingerprint density at radius 1 is 1.54 bits per heavy atom. The number of para-hydroxylation sites is 1. The highest BCUT2D eigenvalue weighted by molar-refractivity contribution is 5.66. The van der Waals surface area contributed by atoms with Gasteiger partial charge < -0.3 is 10.4 Å². The van der Waals surface area contributed by atoms with E-state index in [0.29, 0.717) is 0 Å². The van der Waals surface area contributed by atoms with Crippen molar-refractivity contribution < 1.29 is 9.90 Å². The summed E-state index contributed by atoms with van der Waals surface area (Å²) < 4.78 is 0. The van der Waals surface area contributed by atoms with E-state index in [1.54, 1.807) is 6.29 Å². The topological polar surface area (TPSA) is 49.3 Å². The summed E-state index contributed by atoms with van der Waals surface area (Å²) in [6.45, 7) is 1.69. The minimum absolute atomic E-state index is 0.238. The van der Waals surface area contributed by atoms with E-state index in [1.807, 2.05) is 31.2 Å². The van der Waals surface area contributed by atoms with Gasteiger partial charge in [0.25, 0.3) is 0 Å². The van der Waals surface area contributed by atoms with Gasteiger partial charge in [-0.3, -0.25) is 4.79 Å². The van der Waals surface area contributed by atoms with Crippen molar-refractivity contribution in [1.82, 2.24) is 0 Å². The van der Waals surface area contributed by atoms with Gasteiger partial charge in [0, 0.05) is 5.69 Å². The van der Waals surface area contributed by atoms with Gasteiger partial charge in [-0.05, 0) is 18.6 Å². The van der Waals surface area contributed by atoms with Crippen LogP contribution in [0.15, 0.2) is 24.3 Å². The zero-order valence-electron chi connectivity index (χ0n) is 7.45. The lowest BCUT2D eigenvalue weighted by Gasteiger charge is -2.12. The first-order valence-electron chi connectivity index (χ1n) is 4.08. The Kier molecular flexibility index (Phi) is 3.46. The van der Waals surface area contributed by atoms with E-state index < -0.39 is 6.04 Å². The molecule has 0 unspecified atom stereocenters. The second kappa shape index (κ2) is 4.62. The van der Waals surface area contributed by atoms with Crippen LogP contribution in [0.25, 0.3) is 0 Å². The molecule has 0 fully saturated rings. The second-order valence-electron chi connectivity index (χ2n) is 2.81. The number of aryl methyl sites for hydroxylation is 1. The van der Waals surface area contributed by atoms with Crippen LogP contribution in [0.3, 0.4) is 0 Å². The quantitative estimate of drug-likeness (QED) is 0.719. The third-order valence-corrected chi connectivity index (χ3v) is 1.80. The summed E-state index contributed by atoms with van der Waals surface area (Å²) in [5.41, 5.74) is 1.89. The van der Waals surface area contributed by atoms with Gasteiger partial charge in [-0.2, -0.15) is 0 Å². The van der Waals surface area contributed by atoms with E-state index in [1.165, 1.54) is 0 Å². The lowest BCUT2D eigenvalue weighted by Crippen LogP contribution is -2.25. The summed E-state index contributed by atoms with van der Waals surface area (Å²) in [4.78, 5) is 10.3. The highest BCUT2D eigenvalue weighted by Crippen LogP contribution is 2.13. The number of carbonyl (C=O) groups excluding carboxylic acids is 1. The van der Waals surface area contributed by atoms with Gasteiger partial charge in [-0.15, -0.1) is 0 Å². The molecule has 1 atom stereocenters. The Hall–Kier alpha value is -1.35. The maximum atomic E-state index is 10.3. The fourth-order valence-corrected chi connectivity index (χ4v) is 1.03. The summed E-state index contributed by atoms with van der Waals surface area (Å²) in [5.74, 6) is 0. The largest absolute Gasteiger partial charge is 0.394 e. The van der Waals surface area contributed by atoms with Crippen molar-refractivity contribution in [2.75, 3.05) is 11.9 Å². The number of hydrogen-bond acceptors (Lipinski definition) is 3. The zero-order chi connectivity index (χ0) is 9.68. The molecule has 1 radical (unpaired) electrons. The molecule has 0 aliphatic rings. The van der Waals surface area contributed by atoms with Gasteiger partial charge in [-0.25, -0.2) is 0 Å². The highest BCUT2D eigenvalue weighted by atomic mass is 16.3. The minimum atomic E-state index is -0.638. The first kappa shape index (κ1) is 9.74. The third-order valence-electron chi connectivity index (χ3n) is 1.80. The molecule has 0 amide bonds. The van der Waals surface area contributed by atoms with Crippen molar-refractivity contribution >= 4 is 12.0 Å². The molecule has 0 bridgehead atoms. The molecule has 3 nitrogen and oxygen atoms in total. The molecule has 0 aliphatic heterocycles. The molecule has 0 aromatic heterocycles. The predicted octanol–water partition coefficient (Wildman–Crippen LogP) is 0.878. The van der Waals surface area contributed by atoms with Gasteiger partial charge >= 0.3 is 0 Å². The summed E-state index contributed by atoms with van der Waals surface area (Å²) in [6, 6.07) is 6.94. The first-order valence-corrected chi connectivity index (χ1v) is 4.08. The molecule has 3 heteroatoms. The van der Waals surface area contributed by atoms with E-state index in [0.717, 1.165) is 11.3 Å². The standard InChI is InChI=1S/C10H12NO2/c1-8-4-2-3-5-10(8)11-9(6-12)7-13/h2-5,9,11-12H,6H2,1H3/t9-/m0/s1. The average molecular weight is 178 g/mol. The summed E-state index contributed by atoms with van der Waals surface area (Å²) in [7, 11) is 0. The number of rotatable bonds is 4. The Bertz CT molecular complexity index is 286. The molecule has 0 spiro atoms. The number of aliphatic hydroxyl groups excluding tert-OH is 1. The van der Waals surface area contributed by atoms with Crippen molar-refractivity contribution in [3.8, 4) is 0 Å². The van der Waals surface area contributed by atoms with Gasteiger partial charge in [-0.1, -0.05) is 18.2 Å². The Labute approximate surface area is 77.4 Å². The van der Waals surface area contributed by atoms with Gasteiger partial charge in [0.1, 0.15) is 6.04 Å². The van der Waals surface area contributed by atoms with Crippen LogP contribution < -0.4 is 5.32 Å². The van der Waals surface area contributed by atoms with Crippen molar-refractivity contribution in [1.29, 1.82) is 0 Å². The van der Waals surface area contributed by atoms with Crippen molar-refractivity contribution in [2.24, 2.45) is 0 Å². The van der Waals surface area contributed by atoms with Crippen LogP contribution >= 0.6 is 0 Å². The molecule has 1 aromatic rings. The fraction of sp³-hybridized carbons (Fsp3) is 0.300. The van der Waals surface area contributed by atoms with Crippen LogP contribution in [0.5, 0.6) is 0 Å². The van der Waals surface area contributed by atoms with E-state index in [9.17, 15) is 4.79 Å².